The predicted molar refractivity (Wildman–Crippen MR) is 81.4 cm³/mol. The zero-order chi connectivity index (χ0) is 13.2. The second kappa shape index (κ2) is 5.02. The van der Waals surface area contributed by atoms with Gasteiger partial charge in [-0.2, -0.15) is 5.10 Å². The van der Waals surface area contributed by atoms with E-state index >= 15 is 0 Å². The van der Waals surface area contributed by atoms with Crippen LogP contribution in [0.5, 0.6) is 0 Å². The van der Waals surface area contributed by atoms with Crippen molar-refractivity contribution in [1.29, 1.82) is 0 Å². The van der Waals surface area contributed by atoms with Crippen LogP contribution < -0.4 is 0 Å². The van der Waals surface area contributed by atoms with Crippen LogP contribution in [0.25, 0.3) is 16.8 Å². The van der Waals surface area contributed by atoms with Gasteiger partial charge in [-0.05, 0) is 46.1 Å². The highest BCUT2D eigenvalue weighted by Crippen LogP contribution is 2.25. The van der Waals surface area contributed by atoms with Gasteiger partial charge in [0.2, 0.25) is 0 Å². The Labute approximate surface area is 120 Å². The van der Waals surface area contributed by atoms with Crippen molar-refractivity contribution >= 4 is 15.9 Å². The van der Waals surface area contributed by atoms with E-state index in [-0.39, 0.29) is 0 Å². The molecule has 3 rings (SSSR count). The van der Waals surface area contributed by atoms with Gasteiger partial charge in [-0.25, -0.2) is 4.68 Å². The van der Waals surface area contributed by atoms with Gasteiger partial charge in [-0.1, -0.05) is 36.4 Å². The van der Waals surface area contributed by atoms with E-state index in [0.29, 0.717) is 0 Å². The van der Waals surface area contributed by atoms with Crippen LogP contribution in [0, 0.1) is 6.92 Å². The first kappa shape index (κ1) is 12.2. The van der Waals surface area contributed by atoms with E-state index in [9.17, 15) is 0 Å². The standard InChI is InChI=1S/C16H13BrN2/c1-12-6-2-3-7-14(12)13-10-18-19(11-13)16-9-5-4-8-15(16)17/h2-11H,1H3. The zero-order valence-corrected chi connectivity index (χ0v) is 12.1. The normalized spacial score (nSPS) is 10.6. The fourth-order valence-corrected chi connectivity index (χ4v) is 2.59. The number of halogens is 1. The number of aryl methyl sites for hydroxylation is 1. The fourth-order valence-electron chi connectivity index (χ4n) is 2.13. The van der Waals surface area contributed by atoms with Gasteiger partial charge in [-0.15, -0.1) is 0 Å². The number of nitrogens with zero attached hydrogens (tertiary/aromatic N) is 2. The lowest BCUT2D eigenvalue weighted by Crippen LogP contribution is -1.94. The van der Waals surface area contributed by atoms with Crippen LogP contribution >= 0.6 is 15.9 Å². The van der Waals surface area contributed by atoms with Crippen molar-refractivity contribution < 1.29 is 0 Å². The molecule has 0 aliphatic carbocycles. The minimum atomic E-state index is 1.04. The summed E-state index contributed by atoms with van der Waals surface area (Å²) in [5.41, 5.74) is 4.66. The van der Waals surface area contributed by atoms with Crippen LogP contribution in [-0.2, 0) is 0 Å². The van der Waals surface area contributed by atoms with Crippen LogP contribution in [0.15, 0.2) is 65.4 Å². The van der Waals surface area contributed by atoms with E-state index in [0.717, 1.165) is 15.7 Å². The molecule has 0 N–H and O–H groups in total. The molecule has 0 aliphatic heterocycles. The summed E-state index contributed by atoms with van der Waals surface area (Å²) in [6.07, 6.45) is 3.96. The minimum absolute atomic E-state index is 1.04. The summed E-state index contributed by atoms with van der Waals surface area (Å²) < 4.78 is 2.93. The minimum Gasteiger partial charge on any atom is -0.239 e. The summed E-state index contributed by atoms with van der Waals surface area (Å²) in [5.74, 6) is 0. The highest BCUT2D eigenvalue weighted by Gasteiger charge is 2.07. The Morgan fingerprint density at radius 3 is 2.53 bits per heavy atom. The smallest absolute Gasteiger partial charge is 0.0787 e. The molecule has 3 heteroatoms. The topological polar surface area (TPSA) is 17.8 Å². The molecule has 3 aromatic rings. The lowest BCUT2D eigenvalue weighted by molar-refractivity contribution is 0.876. The van der Waals surface area contributed by atoms with E-state index in [4.69, 9.17) is 0 Å². The molecule has 1 heterocycles. The maximum absolute atomic E-state index is 4.45. The lowest BCUT2D eigenvalue weighted by atomic mass is 10.0. The molecule has 2 nitrogen and oxygen atoms in total. The van der Waals surface area contributed by atoms with Crippen molar-refractivity contribution in [1.82, 2.24) is 9.78 Å². The van der Waals surface area contributed by atoms with E-state index in [1.165, 1.54) is 11.1 Å². The Bertz CT molecular complexity index is 656. The third kappa shape index (κ3) is 2.34. The van der Waals surface area contributed by atoms with Crippen LogP contribution in [0.3, 0.4) is 0 Å². The number of aromatic nitrogens is 2. The fraction of sp³-hybridized carbons (Fsp3) is 0.0625. The SMILES string of the molecule is Cc1ccccc1-c1cnn(-c2ccccc2Br)c1. The molecule has 0 atom stereocenters. The summed E-state index contributed by atoms with van der Waals surface area (Å²) in [6, 6.07) is 16.4. The maximum Gasteiger partial charge on any atom is 0.0787 e. The van der Waals surface area contributed by atoms with Gasteiger partial charge < -0.3 is 0 Å². The maximum atomic E-state index is 4.45. The van der Waals surface area contributed by atoms with Crippen molar-refractivity contribution in [2.24, 2.45) is 0 Å². The van der Waals surface area contributed by atoms with Gasteiger partial charge in [0.25, 0.3) is 0 Å². The third-order valence-electron chi connectivity index (χ3n) is 3.14. The third-order valence-corrected chi connectivity index (χ3v) is 3.81. The number of rotatable bonds is 2. The molecule has 0 spiro atoms. The Kier molecular flexibility index (Phi) is 3.22. The number of benzene rings is 2. The molecule has 0 fully saturated rings. The first-order valence-corrected chi connectivity index (χ1v) is 6.90. The molecule has 0 saturated heterocycles. The largest absolute Gasteiger partial charge is 0.239 e. The summed E-state index contributed by atoms with van der Waals surface area (Å²) in [5, 5.41) is 4.45. The van der Waals surface area contributed by atoms with Gasteiger partial charge >= 0.3 is 0 Å². The molecule has 0 unspecified atom stereocenters. The van der Waals surface area contributed by atoms with E-state index in [2.05, 4.69) is 58.4 Å². The van der Waals surface area contributed by atoms with Gasteiger partial charge in [-0.3, -0.25) is 0 Å². The summed E-state index contributed by atoms with van der Waals surface area (Å²) >= 11 is 3.55. The molecule has 0 radical (unpaired) electrons. The van der Waals surface area contributed by atoms with E-state index in [1.54, 1.807) is 0 Å². The van der Waals surface area contributed by atoms with Crippen molar-refractivity contribution in [2.45, 2.75) is 6.92 Å². The van der Waals surface area contributed by atoms with Crippen molar-refractivity contribution in [3.63, 3.8) is 0 Å². The van der Waals surface area contributed by atoms with Gasteiger partial charge in [0.15, 0.2) is 0 Å². The highest BCUT2D eigenvalue weighted by molar-refractivity contribution is 9.10. The average Bonchev–Trinajstić information content (AvgIpc) is 2.89. The van der Waals surface area contributed by atoms with Crippen LogP contribution in [0.4, 0.5) is 0 Å². The van der Waals surface area contributed by atoms with Gasteiger partial charge in [0.1, 0.15) is 0 Å². The average molecular weight is 313 g/mol. The number of hydrogen-bond donors (Lipinski definition) is 0. The molecule has 0 amide bonds. The van der Waals surface area contributed by atoms with Crippen molar-refractivity contribution in [3.05, 3.63) is 71.0 Å². The highest BCUT2D eigenvalue weighted by atomic mass is 79.9. The second-order valence-electron chi connectivity index (χ2n) is 4.44. The molecular formula is C16H13BrN2. The van der Waals surface area contributed by atoms with E-state index in [1.807, 2.05) is 35.1 Å². The molecule has 19 heavy (non-hydrogen) atoms. The molecule has 94 valence electrons. The monoisotopic (exact) mass is 312 g/mol. The lowest BCUT2D eigenvalue weighted by Gasteiger charge is -2.04. The molecule has 0 saturated carbocycles. The molecule has 0 aliphatic rings. The van der Waals surface area contributed by atoms with Gasteiger partial charge in [0, 0.05) is 16.2 Å². The Morgan fingerprint density at radius 1 is 1.00 bits per heavy atom. The Hall–Kier alpha value is -1.87. The van der Waals surface area contributed by atoms with Crippen molar-refractivity contribution in [3.8, 4) is 16.8 Å². The van der Waals surface area contributed by atoms with Gasteiger partial charge in [0.05, 0.1) is 11.9 Å². The molecular weight excluding hydrogens is 300 g/mol. The first-order valence-electron chi connectivity index (χ1n) is 6.11. The molecule has 2 aromatic carbocycles. The summed E-state index contributed by atoms with van der Waals surface area (Å²) in [6.45, 7) is 2.12. The van der Waals surface area contributed by atoms with Crippen LogP contribution in [0.1, 0.15) is 5.56 Å². The summed E-state index contributed by atoms with van der Waals surface area (Å²) in [7, 11) is 0. The van der Waals surface area contributed by atoms with E-state index < -0.39 is 0 Å². The van der Waals surface area contributed by atoms with Crippen LogP contribution in [-0.4, -0.2) is 9.78 Å². The van der Waals surface area contributed by atoms with Crippen molar-refractivity contribution in [2.75, 3.05) is 0 Å². The Balaban J connectivity index is 2.06. The zero-order valence-electron chi connectivity index (χ0n) is 10.5. The first-order chi connectivity index (χ1) is 9.25. The Morgan fingerprint density at radius 2 is 1.74 bits per heavy atom. The number of para-hydroxylation sites is 1. The molecule has 1 aromatic heterocycles. The quantitative estimate of drug-likeness (QED) is 0.675. The molecule has 0 bridgehead atoms. The number of hydrogen-bond acceptors (Lipinski definition) is 1. The predicted octanol–water partition coefficient (Wildman–Crippen LogP) is 4.61. The summed E-state index contributed by atoms with van der Waals surface area (Å²) in [4.78, 5) is 0. The van der Waals surface area contributed by atoms with Crippen LogP contribution in [0.2, 0.25) is 0 Å². The second-order valence-corrected chi connectivity index (χ2v) is 5.29.